The summed E-state index contributed by atoms with van der Waals surface area (Å²) in [4.78, 5) is 16.2. The molecule has 0 bridgehead atoms. The first-order valence-corrected chi connectivity index (χ1v) is 9.54. The highest BCUT2D eigenvalue weighted by molar-refractivity contribution is 6.42. The van der Waals surface area contributed by atoms with Crippen molar-refractivity contribution in [1.29, 1.82) is 0 Å². The monoisotopic (exact) mass is 384 g/mol. The van der Waals surface area contributed by atoms with Crippen LogP contribution in [0, 0.1) is 0 Å². The molecule has 0 aliphatic heterocycles. The van der Waals surface area contributed by atoms with E-state index in [1.807, 2.05) is 26.0 Å². The number of nitrogens with zero attached hydrogens (tertiary/aromatic N) is 1. The van der Waals surface area contributed by atoms with Crippen molar-refractivity contribution >= 4 is 35.1 Å². The van der Waals surface area contributed by atoms with Crippen LogP contribution in [0.3, 0.4) is 0 Å². The Hall–Kier alpha value is -1.46. The van der Waals surface area contributed by atoms with Gasteiger partial charge in [0.25, 0.3) is 0 Å². The Morgan fingerprint density at radius 3 is 2.72 bits per heavy atom. The van der Waals surface area contributed by atoms with Gasteiger partial charge in [-0.1, -0.05) is 29.3 Å². The van der Waals surface area contributed by atoms with E-state index in [2.05, 4.69) is 20.9 Å². The molecule has 1 saturated carbocycles. The molecule has 0 spiro atoms. The van der Waals surface area contributed by atoms with Crippen molar-refractivity contribution in [2.75, 3.05) is 13.1 Å². The van der Waals surface area contributed by atoms with Gasteiger partial charge in [0.05, 0.1) is 16.1 Å². The lowest BCUT2D eigenvalue weighted by Crippen LogP contribution is -2.38. The molecule has 138 valence electrons. The fourth-order valence-corrected chi connectivity index (χ4v) is 2.65. The SMILES string of the molecule is CCNC(=NCCCC(=O)NC1CC1)NC(C)c1ccc(Cl)c(Cl)c1. The average Bonchev–Trinajstić information content (AvgIpc) is 3.38. The smallest absolute Gasteiger partial charge is 0.220 e. The van der Waals surface area contributed by atoms with Gasteiger partial charge in [-0.05, 0) is 50.8 Å². The molecule has 1 aromatic rings. The normalized spacial score (nSPS) is 15.6. The summed E-state index contributed by atoms with van der Waals surface area (Å²) in [6.45, 7) is 5.42. The van der Waals surface area contributed by atoms with Gasteiger partial charge in [-0.25, -0.2) is 0 Å². The van der Waals surface area contributed by atoms with E-state index in [-0.39, 0.29) is 11.9 Å². The molecule has 5 nitrogen and oxygen atoms in total. The summed E-state index contributed by atoms with van der Waals surface area (Å²) in [5, 5.41) is 10.6. The molecule has 3 N–H and O–H groups in total. The molecule has 25 heavy (non-hydrogen) atoms. The van der Waals surface area contributed by atoms with E-state index in [9.17, 15) is 4.79 Å². The molecule has 0 saturated heterocycles. The number of carbonyl (C=O) groups is 1. The second-order valence-corrected chi connectivity index (χ2v) is 7.06. The Kier molecular flexibility index (Phi) is 7.85. The first kappa shape index (κ1) is 19.9. The number of halogens is 2. The number of hydrogen-bond acceptors (Lipinski definition) is 2. The maximum atomic E-state index is 11.7. The molecule has 1 amide bonds. The van der Waals surface area contributed by atoms with Crippen LogP contribution >= 0.6 is 23.2 Å². The van der Waals surface area contributed by atoms with Gasteiger partial charge in [-0.2, -0.15) is 0 Å². The number of guanidine groups is 1. The van der Waals surface area contributed by atoms with Gasteiger partial charge in [0.1, 0.15) is 0 Å². The summed E-state index contributed by atoms with van der Waals surface area (Å²) in [6.07, 6.45) is 3.48. The van der Waals surface area contributed by atoms with Crippen LogP contribution < -0.4 is 16.0 Å². The van der Waals surface area contributed by atoms with Crippen LogP contribution in [-0.2, 0) is 4.79 Å². The van der Waals surface area contributed by atoms with Gasteiger partial charge in [0.2, 0.25) is 5.91 Å². The lowest BCUT2D eigenvalue weighted by Gasteiger charge is -2.18. The Morgan fingerprint density at radius 2 is 2.08 bits per heavy atom. The topological polar surface area (TPSA) is 65.5 Å². The molecular formula is C18H26Cl2N4O. The third-order valence-corrected chi connectivity index (χ3v) is 4.65. The van der Waals surface area contributed by atoms with Gasteiger partial charge in [-0.3, -0.25) is 9.79 Å². The van der Waals surface area contributed by atoms with Crippen LogP contribution in [0.4, 0.5) is 0 Å². The first-order chi connectivity index (χ1) is 12.0. The fourth-order valence-electron chi connectivity index (χ4n) is 2.35. The van der Waals surface area contributed by atoms with Crippen LogP contribution in [0.1, 0.15) is 51.1 Å². The highest BCUT2D eigenvalue weighted by Crippen LogP contribution is 2.25. The third kappa shape index (κ3) is 7.12. The summed E-state index contributed by atoms with van der Waals surface area (Å²) in [5.74, 6) is 0.850. The maximum absolute atomic E-state index is 11.7. The molecule has 1 aliphatic rings. The van der Waals surface area contributed by atoms with Crippen LogP contribution in [-0.4, -0.2) is 31.0 Å². The Morgan fingerprint density at radius 1 is 1.32 bits per heavy atom. The quantitative estimate of drug-likeness (QED) is 0.364. The highest BCUT2D eigenvalue weighted by Gasteiger charge is 2.22. The molecule has 1 atom stereocenters. The van der Waals surface area contributed by atoms with Gasteiger partial charge in [0.15, 0.2) is 5.96 Å². The summed E-state index contributed by atoms with van der Waals surface area (Å²) in [6, 6.07) is 6.04. The molecule has 0 aromatic heterocycles. The summed E-state index contributed by atoms with van der Waals surface area (Å²) >= 11 is 12.0. The van der Waals surface area contributed by atoms with E-state index < -0.39 is 0 Å². The van der Waals surface area contributed by atoms with Gasteiger partial charge in [-0.15, -0.1) is 0 Å². The zero-order valence-electron chi connectivity index (χ0n) is 14.7. The predicted molar refractivity (Wildman–Crippen MR) is 104 cm³/mol. The van der Waals surface area contributed by atoms with Crippen LogP contribution in [0.25, 0.3) is 0 Å². The third-order valence-electron chi connectivity index (χ3n) is 3.92. The van der Waals surface area contributed by atoms with E-state index in [0.29, 0.717) is 29.1 Å². The number of benzene rings is 1. The summed E-state index contributed by atoms with van der Waals surface area (Å²) in [5.41, 5.74) is 1.03. The number of hydrogen-bond donors (Lipinski definition) is 3. The lowest BCUT2D eigenvalue weighted by molar-refractivity contribution is -0.121. The molecule has 7 heteroatoms. The first-order valence-electron chi connectivity index (χ1n) is 8.78. The van der Waals surface area contributed by atoms with E-state index in [4.69, 9.17) is 23.2 Å². The van der Waals surface area contributed by atoms with E-state index in [1.54, 1.807) is 6.07 Å². The number of aliphatic imine (C=N–C) groups is 1. The van der Waals surface area contributed by atoms with Crippen LogP contribution in [0.2, 0.25) is 10.0 Å². The van der Waals surface area contributed by atoms with Gasteiger partial charge < -0.3 is 16.0 Å². The molecule has 0 heterocycles. The second kappa shape index (κ2) is 9.88. The van der Waals surface area contributed by atoms with Crippen molar-refractivity contribution in [2.45, 2.75) is 51.6 Å². The van der Waals surface area contributed by atoms with Crippen molar-refractivity contribution < 1.29 is 4.79 Å². The van der Waals surface area contributed by atoms with E-state index in [0.717, 1.165) is 37.3 Å². The molecule has 1 unspecified atom stereocenters. The minimum atomic E-state index is 0.0331. The minimum absolute atomic E-state index is 0.0331. The zero-order chi connectivity index (χ0) is 18.2. The largest absolute Gasteiger partial charge is 0.357 e. The van der Waals surface area contributed by atoms with Crippen molar-refractivity contribution in [2.24, 2.45) is 4.99 Å². The summed E-state index contributed by atoms with van der Waals surface area (Å²) in [7, 11) is 0. The van der Waals surface area contributed by atoms with Crippen molar-refractivity contribution in [3.63, 3.8) is 0 Å². The standard InChI is InChI=1S/C18H26Cl2N4O/c1-3-21-18(22-10-4-5-17(25)24-14-7-8-14)23-12(2)13-6-9-15(19)16(20)11-13/h6,9,11-12,14H,3-5,7-8,10H2,1-2H3,(H,24,25)(H2,21,22,23). The molecule has 1 fully saturated rings. The number of amides is 1. The molecular weight excluding hydrogens is 359 g/mol. The Bertz CT molecular complexity index is 617. The minimum Gasteiger partial charge on any atom is -0.357 e. The van der Waals surface area contributed by atoms with E-state index in [1.165, 1.54) is 0 Å². The molecule has 2 rings (SSSR count). The van der Waals surface area contributed by atoms with Crippen molar-refractivity contribution in [3.8, 4) is 0 Å². The van der Waals surface area contributed by atoms with Crippen LogP contribution in [0.15, 0.2) is 23.2 Å². The Labute approximate surface area is 159 Å². The molecule has 1 aliphatic carbocycles. The lowest BCUT2D eigenvalue weighted by atomic mass is 10.1. The number of carbonyl (C=O) groups excluding carboxylic acids is 1. The number of nitrogens with one attached hydrogen (secondary N) is 3. The molecule has 1 aromatic carbocycles. The number of rotatable bonds is 8. The maximum Gasteiger partial charge on any atom is 0.220 e. The van der Waals surface area contributed by atoms with Crippen molar-refractivity contribution in [3.05, 3.63) is 33.8 Å². The zero-order valence-corrected chi connectivity index (χ0v) is 16.3. The summed E-state index contributed by atoms with van der Waals surface area (Å²) < 4.78 is 0. The second-order valence-electron chi connectivity index (χ2n) is 6.25. The molecule has 0 radical (unpaired) electrons. The van der Waals surface area contributed by atoms with E-state index >= 15 is 0 Å². The highest BCUT2D eigenvalue weighted by atomic mass is 35.5. The van der Waals surface area contributed by atoms with Crippen LogP contribution in [0.5, 0.6) is 0 Å². The predicted octanol–water partition coefficient (Wildman–Crippen LogP) is 3.67. The average molecular weight is 385 g/mol. The Balaban J connectivity index is 1.82. The fraction of sp³-hybridized carbons (Fsp3) is 0.556. The van der Waals surface area contributed by atoms with Gasteiger partial charge >= 0.3 is 0 Å². The van der Waals surface area contributed by atoms with Crippen molar-refractivity contribution in [1.82, 2.24) is 16.0 Å². The van der Waals surface area contributed by atoms with Gasteiger partial charge in [0, 0.05) is 25.6 Å².